The third-order valence-electron chi connectivity index (χ3n) is 3.67. The molecular weight excluding hydrogens is 376 g/mol. The predicted octanol–water partition coefficient (Wildman–Crippen LogP) is 3.92. The summed E-state index contributed by atoms with van der Waals surface area (Å²) in [6.07, 6.45) is 0.232. The lowest BCUT2D eigenvalue weighted by Gasteiger charge is -2.03. The summed E-state index contributed by atoms with van der Waals surface area (Å²) in [5, 5.41) is 5.16. The van der Waals surface area contributed by atoms with Crippen molar-refractivity contribution < 1.29 is 4.79 Å². The number of rotatable bonds is 6. The maximum Gasteiger partial charge on any atom is 0.222 e. The van der Waals surface area contributed by atoms with Gasteiger partial charge < -0.3 is 5.73 Å². The molecule has 0 aliphatic carbocycles. The summed E-state index contributed by atoms with van der Waals surface area (Å²) in [6.45, 7) is 3.84. The summed E-state index contributed by atoms with van der Waals surface area (Å²) in [4.78, 5) is 16.5. The standard InChI is InChI=1S/C17H17ClN4OS2/c1-10-13(16(18)22(21-10)12-6-4-3-5-7-12)9-24-17-20-11(2)14(25-17)8-15(19)23/h3-7H,8-9H2,1-2H3,(H2,19,23). The Morgan fingerprint density at radius 1 is 1.28 bits per heavy atom. The van der Waals surface area contributed by atoms with Gasteiger partial charge in [0.2, 0.25) is 5.91 Å². The lowest BCUT2D eigenvalue weighted by atomic mass is 10.3. The van der Waals surface area contributed by atoms with Crippen LogP contribution in [0.1, 0.15) is 21.8 Å². The van der Waals surface area contributed by atoms with Crippen molar-refractivity contribution in [3.8, 4) is 5.69 Å². The van der Waals surface area contributed by atoms with Crippen molar-refractivity contribution in [2.45, 2.75) is 30.4 Å². The molecule has 1 aromatic carbocycles. The second kappa shape index (κ2) is 7.59. The third-order valence-corrected chi connectivity index (χ3v) is 6.39. The highest BCUT2D eigenvalue weighted by molar-refractivity contribution is 8.00. The minimum absolute atomic E-state index is 0.232. The summed E-state index contributed by atoms with van der Waals surface area (Å²) >= 11 is 9.64. The first-order valence-corrected chi connectivity index (χ1v) is 9.80. The van der Waals surface area contributed by atoms with Gasteiger partial charge in [-0.2, -0.15) is 5.10 Å². The topological polar surface area (TPSA) is 73.8 Å². The number of amides is 1. The Hall–Kier alpha value is -1.83. The smallest absolute Gasteiger partial charge is 0.222 e. The lowest BCUT2D eigenvalue weighted by molar-refractivity contribution is -0.117. The maximum atomic E-state index is 11.1. The molecule has 0 saturated carbocycles. The molecule has 0 fully saturated rings. The zero-order valence-corrected chi connectivity index (χ0v) is 16.2. The Morgan fingerprint density at radius 3 is 2.68 bits per heavy atom. The Kier molecular flexibility index (Phi) is 5.46. The van der Waals surface area contributed by atoms with Crippen LogP contribution in [0.5, 0.6) is 0 Å². The number of primary amides is 1. The van der Waals surface area contributed by atoms with Crippen LogP contribution in [0, 0.1) is 13.8 Å². The van der Waals surface area contributed by atoms with Crippen molar-refractivity contribution in [3.05, 3.63) is 57.3 Å². The highest BCUT2D eigenvalue weighted by Crippen LogP contribution is 2.33. The molecule has 25 heavy (non-hydrogen) atoms. The molecule has 0 saturated heterocycles. The van der Waals surface area contributed by atoms with Crippen LogP contribution in [0.2, 0.25) is 5.15 Å². The van der Waals surface area contributed by atoms with Crippen LogP contribution in [0.4, 0.5) is 0 Å². The zero-order chi connectivity index (χ0) is 18.0. The fraction of sp³-hybridized carbons (Fsp3) is 0.235. The van der Waals surface area contributed by atoms with Gasteiger partial charge in [0.05, 0.1) is 23.5 Å². The molecule has 3 rings (SSSR count). The number of nitrogens with two attached hydrogens (primary N) is 1. The van der Waals surface area contributed by atoms with Crippen LogP contribution in [0.3, 0.4) is 0 Å². The van der Waals surface area contributed by atoms with Crippen molar-refractivity contribution in [1.29, 1.82) is 0 Å². The van der Waals surface area contributed by atoms with E-state index in [0.29, 0.717) is 10.9 Å². The number of halogens is 1. The van der Waals surface area contributed by atoms with Crippen molar-refractivity contribution in [1.82, 2.24) is 14.8 Å². The van der Waals surface area contributed by atoms with E-state index in [1.54, 1.807) is 16.4 Å². The van der Waals surface area contributed by atoms with Gasteiger partial charge in [0.1, 0.15) is 5.15 Å². The van der Waals surface area contributed by atoms with Crippen LogP contribution in [-0.4, -0.2) is 20.7 Å². The van der Waals surface area contributed by atoms with Crippen molar-refractivity contribution >= 4 is 40.6 Å². The summed E-state index contributed by atoms with van der Waals surface area (Å²) in [7, 11) is 0. The van der Waals surface area contributed by atoms with Gasteiger partial charge in [0, 0.05) is 16.2 Å². The van der Waals surface area contributed by atoms with Gasteiger partial charge in [-0.05, 0) is 26.0 Å². The van der Waals surface area contributed by atoms with Gasteiger partial charge in [-0.3, -0.25) is 4.79 Å². The van der Waals surface area contributed by atoms with E-state index in [2.05, 4.69) is 10.1 Å². The van der Waals surface area contributed by atoms with E-state index in [1.165, 1.54) is 11.3 Å². The molecule has 3 aromatic rings. The van der Waals surface area contributed by atoms with E-state index in [0.717, 1.165) is 31.9 Å². The first kappa shape index (κ1) is 18.0. The average molecular weight is 393 g/mol. The van der Waals surface area contributed by atoms with Gasteiger partial charge in [0.15, 0.2) is 4.34 Å². The molecule has 1 amide bonds. The van der Waals surface area contributed by atoms with Crippen LogP contribution in [0.15, 0.2) is 34.7 Å². The largest absolute Gasteiger partial charge is 0.369 e. The number of benzene rings is 1. The number of carbonyl (C=O) groups is 1. The van der Waals surface area contributed by atoms with Crippen molar-refractivity contribution in [3.63, 3.8) is 0 Å². The fourth-order valence-electron chi connectivity index (χ4n) is 2.35. The number of aromatic nitrogens is 3. The van der Waals surface area contributed by atoms with Gasteiger partial charge in [-0.1, -0.05) is 41.6 Å². The number of para-hydroxylation sites is 1. The lowest BCUT2D eigenvalue weighted by Crippen LogP contribution is -2.13. The van der Waals surface area contributed by atoms with Crippen LogP contribution < -0.4 is 5.73 Å². The van der Waals surface area contributed by atoms with Crippen LogP contribution in [0.25, 0.3) is 5.69 Å². The molecule has 130 valence electrons. The highest BCUT2D eigenvalue weighted by atomic mass is 35.5. The Bertz CT molecular complexity index is 905. The summed E-state index contributed by atoms with van der Waals surface area (Å²) < 4.78 is 2.65. The molecule has 0 unspecified atom stereocenters. The Balaban J connectivity index is 1.78. The first-order chi connectivity index (χ1) is 12.0. The summed E-state index contributed by atoms with van der Waals surface area (Å²) in [5.41, 5.74) is 8.94. The maximum absolute atomic E-state index is 11.1. The summed E-state index contributed by atoms with van der Waals surface area (Å²) in [6, 6.07) is 9.80. The quantitative estimate of drug-likeness (QED) is 0.645. The highest BCUT2D eigenvalue weighted by Gasteiger charge is 2.16. The second-order valence-electron chi connectivity index (χ2n) is 5.52. The van der Waals surface area contributed by atoms with E-state index in [4.69, 9.17) is 17.3 Å². The molecule has 0 aliphatic rings. The minimum Gasteiger partial charge on any atom is -0.369 e. The van der Waals surface area contributed by atoms with E-state index in [-0.39, 0.29) is 12.3 Å². The van der Waals surface area contributed by atoms with Gasteiger partial charge in [0.25, 0.3) is 0 Å². The van der Waals surface area contributed by atoms with Crippen LogP contribution >= 0.6 is 34.7 Å². The molecule has 0 atom stereocenters. The third kappa shape index (κ3) is 4.05. The number of thiazole rings is 1. The monoisotopic (exact) mass is 392 g/mol. The minimum atomic E-state index is -0.341. The van der Waals surface area contributed by atoms with E-state index in [9.17, 15) is 4.79 Å². The number of thioether (sulfide) groups is 1. The zero-order valence-electron chi connectivity index (χ0n) is 13.8. The molecule has 0 spiro atoms. The molecule has 2 heterocycles. The molecule has 0 aliphatic heterocycles. The fourth-order valence-corrected chi connectivity index (χ4v) is 5.10. The number of aryl methyl sites for hydroxylation is 2. The molecule has 5 nitrogen and oxygen atoms in total. The molecule has 0 radical (unpaired) electrons. The van der Waals surface area contributed by atoms with Crippen molar-refractivity contribution in [2.75, 3.05) is 0 Å². The summed E-state index contributed by atoms with van der Waals surface area (Å²) in [5.74, 6) is 0.326. The number of hydrogen-bond donors (Lipinski definition) is 1. The SMILES string of the molecule is Cc1nc(SCc2c(C)nn(-c3ccccc3)c2Cl)sc1CC(N)=O. The van der Waals surface area contributed by atoms with E-state index in [1.807, 2.05) is 44.2 Å². The average Bonchev–Trinajstić information content (AvgIpc) is 3.06. The Morgan fingerprint density at radius 2 is 2.00 bits per heavy atom. The molecule has 0 bridgehead atoms. The van der Waals surface area contributed by atoms with Gasteiger partial charge in [-0.25, -0.2) is 9.67 Å². The van der Waals surface area contributed by atoms with Gasteiger partial charge in [-0.15, -0.1) is 11.3 Å². The van der Waals surface area contributed by atoms with Crippen LogP contribution in [-0.2, 0) is 17.0 Å². The molecule has 2 aromatic heterocycles. The second-order valence-corrected chi connectivity index (χ2v) is 8.19. The molecular formula is C17H17ClN4OS2. The first-order valence-electron chi connectivity index (χ1n) is 7.62. The number of carbonyl (C=O) groups excluding carboxylic acids is 1. The van der Waals surface area contributed by atoms with E-state index >= 15 is 0 Å². The Labute approximate surface area is 159 Å². The number of nitrogens with zero attached hydrogens (tertiary/aromatic N) is 3. The van der Waals surface area contributed by atoms with Gasteiger partial charge >= 0.3 is 0 Å². The van der Waals surface area contributed by atoms with E-state index < -0.39 is 0 Å². The normalized spacial score (nSPS) is 11.0. The molecule has 2 N–H and O–H groups in total. The molecule has 8 heteroatoms. The van der Waals surface area contributed by atoms with Crippen molar-refractivity contribution in [2.24, 2.45) is 5.73 Å². The number of hydrogen-bond acceptors (Lipinski definition) is 5. The predicted molar refractivity (Wildman–Crippen MR) is 103 cm³/mol.